The lowest BCUT2D eigenvalue weighted by atomic mass is 10.2. The summed E-state index contributed by atoms with van der Waals surface area (Å²) < 4.78 is 10.4. The Morgan fingerprint density at radius 3 is 2.58 bits per heavy atom. The maximum Gasteiger partial charge on any atom is 0.237 e. The van der Waals surface area contributed by atoms with Gasteiger partial charge in [0.1, 0.15) is 11.5 Å². The van der Waals surface area contributed by atoms with Crippen molar-refractivity contribution in [3.05, 3.63) is 48.3 Å². The van der Waals surface area contributed by atoms with Crippen molar-refractivity contribution in [2.45, 2.75) is 32.5 Å². The molecule has 1 amide bonds. The average Bonchev–Trinajstić information content (AvgIpc) is 3.08. The van der Waals surface area contributed by atoms with Gasteiger partial charge in [0.15, 0.2) is 0 Å². The van der Waals surface area contributed by atoms with E-state index in [0.717, 1.165) is 11.5 Å². The third-order valence-electron chi connectivity index (χ3n) is 2.88. The van der Waals surface area contributed by atoms with E-state index in [1.54, 1.807) is 18.6 Å². The number of carbonyl (C=O) groups excluding carboxylic acids is 1. The third-order valence-corrected chi connectivity index (χ3v) is 2.88. The number of hydrogen-bond donors (Lipinski definition) is 2. The Balaban J connectivity index is 1.79. The van der Waals surface area contributed by atoms with Crippen LogP contribution in [0.5, 0.6) is 0 Å². The van der Waals surface area contributed by atoms with Crippen molar-refractivity contribution in [2.24, 2.45) is 0 Å². The molecule has 2 heterocycles. The second-order valence-electron chi connectivity index (χ2n) is 4.42. The Labute approximate surface area is 112 Å². The van der Waals surface area contributed by atoms with Crippen LogP contribution in [-0.2, 0) is 11.3 Å². The summed E-state index contributed by atoms with van der Waals surface area (Å²) in [6.07, 6.45) is 3.21. The Bertz CT molecular complexity index is 491. The molecule has 1 unspecified atom stereocenters. The van der Waals surface area contributed by atoms with Gasteiger partial charge in [-0.05, 0) is 38.1 Å². The fourth-order valence-electron chi connectivity index (χ4n) is 1.81. The van der Waals surface area contributed by atoms with Crippen LogP contribution in [0.25, 0.3) is 0 Å². The summed E-state index contributed by atoms with van der Waals surface area (Å²) in [7, 11) is 0. The Kier molecular flexibility index (Phi) is 4.41. The monoisotopic (exact) mass is 262 g/mol. The zero-order valence-electron chi connectivity index (χ0n) is 11.1. The van der Waals surface area contributed by atoms with E-state index in [0.29, 0.717) is 6.54 Å². The van der Waals surface area contributed by atoms with Crippen LogP contribution in [0.3, 0.4) is 0 Å². The van der Waals surface area contributed by atoms with Gasteiger partial charge in [-0.2, -0.15) is 0 Å². The molecule has 0 aliphatic carbocycles. The Morgan fingerprint density at radius 1 is 1.21 bits per heavy atom. The van der Waals surface area contributed by atoms with Crippen LogP contribution in [0.2, 0.25) is 0 Å². The van der Waals surface area contributed by atoms with Crippen molar-refractivity contribution >= 4 is 5.91 Å². The van der Waals surface area contributed by atoms with Gasteiger partial charge in [-0.15, -0.1) is 0 Å². The van der Waals surface area contributed by atoms with Crippen LogP contribution in [-0.4, -0.2) is 11.9 Å². The van der Waals surface area contributed by atoms with E-state index < -0.39 is 0 Å². The minimum absolute atomic E-state index is 0.0145. The quantitative estimate of drug-likeness (QED) is 0.837. The van der Waals surface area contributed by atoms with E-state index in [2.05, 4.69) is 10.6 Å². The van der Waals surface area contributed by atoms with Crippen LogP contribution in [0, 0.1) is 0 Å². The molecule has 0 saturated carbocycles. The highest BCUT2D eigenvalue weighted by atomic mass is 16.3. The van der Waals surface area contributed by atoms with E-state index in [1.165, 1.54) is 0 Å². The molecule has 5 heteroatoms. The molecule has 0 radical (unpaired) electrons. The topological polar surface area (TPSA) is 67.4 Å². The Hall–Kier alpha value is -2.01. The smallest absolute Gasteiger partial charge is 0.237 e. The molecule has 0 spiro atoms. The lowest BCUT2D eigenvalue weighted by Crippen LogP contribution is -2.42. The molecule has 102 valence electrons. The minimum Gasteiger partial charge on any atom is -0.468 e. The van der Waals surface area contributed by atoms with Crippen LogP contribution >= 0.6 is 0 Å². The maximum absolute atomic E-state index is 11.9. The maximum atomic E-state index is 11.9. The van der Waals surface area contributed by atoms with Gasteiger partial charge >= 0.3 is 0 Å². The number of carbonyl (C=O) groups is 1. The lowest BCUT2D eigenvalue weighted by molar-refractivity contribution is -0.123. The molecule has 19 heavy (non-hydrogen) atoms. The molecular weight excluding hydrogens is 244 g/mol. The molecular formula is C14H18N2O3. The molecule has 2 aromatic rings. The van der Waals surface area contributed by atoms with Gasteiger partial charge in [0.05, 0.1) is 31.2 Å². The van der Waals surface area contributed by atoms with Crippen LogP contribution < -0.4 is 10.6 Å². The molecule has 2 rings (SSSR count). The molecule has 0 saturated heterocycles. The summed E-state index contributed by atoms with van der Waals surface area (Å²) in [5.74, 6) is 1.47. The molecule has 5 nitrogen and oxygen atoms in total. The van der Waals surface area contributed by atoms with Crippen molar-refractivity contribution < 1.29 is 13.6 Å². The zero-order valence-corrected chi connectivity index (χ0v) is 11.1. The highest BCUT2D eigenvalue weighted by Gasteiger charge is 2.17. The van der Waals surface area contributed by atoms with Crippen LogP contribution in [0.1, 0.15) is 31.4 Å². The highest BCUT2D eigenvalue weighted by molar-refractivity contribution is 5.81. The molecule has 2 atom stereocenters. The molecule has 0 aliphatic heterocycles. The second kappa shape index (κ2) is 6.24. The molecule has 0 fully saturated rings. The van der Waals surface area contributed by atoms with E-state index in [-0.39, 0.29) is 18.0 Å². The summed E-state index contributed by atoms with van der Waals surface area (Å²) in [4.78, 5) is 11.9. The number of furan rings is 2. The summed E-state index contributed by atoms with van der Waals surface area (Å²) >= 11 is 0. The van der Waals surface area contributed by atoms with E-state index in [4.69, 9.17) is 8.83 Å². The first kappa shape index (κ1) is 13.4. The van der Waals surface area contributed by atoms with Gasteiger partial charge in [0.25, 0.3) is 0 Å². The lowest BCUT2D eigenvalue weighted by Gasteiger charge is -2.17. The van der Waals surface area contributed by atoms with Crippen molar-refractivity contribution in [3.8, 4) is 0 Å². The average molecular weight is 262 g/mol. The molecule has 2 N–H and O–H groups in total. The summed E-state index contributed by atoms with van der Waals surface area (Å²) in [5, 5.41) is 5.99. The summed E-state index contributed by atoms with van der Waals surface area (Å²) in [6, 6.07) is 7.00. The molecule has 0 aliphatic rings. The van der Waals surface area contributed by atoms with E-state index in [9.17, 15) is 4.79 Å². The SMILES string of the molecule is CC(N[C@H](C)c1ccco1)C(=O)NCc1ccco1. The number of rotatable bonds is 6. The first-order chi connectivity index (χ1) is 9.16. The van der Waals surface area contributed by atoms with Gasteiger partial charge in [-0.1, -0.05) is 0 Å². The first-order valence-corrected chi connectivity index (χ1v) is 6.26. The van der Waals surface area contributed by atoms with E-state index >= 15 is 0 Å². The van der Waals surface area contributed by atoms with Gasteiger partial charge in [-0.3, -0.25) is 10.1 Å². The predicted octanol–water partition coefficient (Wildman–Crippen LogP) is 2.23. The molecule has 0 aromatic carbocycles. The standard InChI is InChI=1S/C14H18N2O3/c1-10(13-6-4-8-19-13)16-11(2)14(17)15-9-12-5-3-7-18-12/h3-8,10-11,16H,9H2,1-2H3,(H,15,17)/t10-,11?/m1/s1. The zero-order chi connectivity index (χ0) is 13.7. The van der Waals surface area contributed by atoms with Gasteiger partial charge < -0.3 is 14.2 Å². The Morgan fingerprint density at radius 2 is 1.95 bits per heavy atom. The van der Waals surface area contributed by atoms with Crippen molar-refractivity contribution in [1.82, 2.24) is 10.6 Å². The minimum atomic E-state index is -0.310. The van der Waals surface area contributed by atoms with Crippen molar-refractivity contribution in [3.63, 3.8) is 0 Å². The first-order valence-electron chi connectivity index (χ1n) is 6.26. The third kappa shape index (κ3) is 3.72. The highest BCUT2D eigenvalue weighted by Crippen LogP contribution is 2.12. The fraction of sp³-hybridized carbons (Fsp3) is 0.357. The fourth-order valence-corrected chi connectivity index (χ4v) is 1.81. The normalized spacial score (nSPS) is 14.0. The second-order valence-corrected chi connectivity index (χ2v) is 4.42. The van der Waals surface area contributed by atoms with Gasteiger partial charge in [0.2, 0.25) is 5.91 Å². The van der Waals surface area contributed by atoms with Crippen LogP contribution in [0.15, 0.2) is 45.6 Å². The molecule has 2 aromatic heterocycles. The summed E-state index contributed by atoms with van der Waals surface area (Å²) in [5.41, 5.74) is 0. The number of hydrogen-bond acceptors (Lipinski definition) is 4. The van der Waals surface area contributed by atoms with Gasteiger partial charge in [-0.25, -0.2) is 0 Å². The molecule has 0 bridgehead atoms. The largest absolute Gasteiger partial charge is 0.468 e. The van der Waals surface area contributed by atoms with Gasteiger partial charge in [0, 0.05) is 0 Å². The van der Waals surface area contributed by atoms with Crippen LogP contribution in [0.4, 0.5) is 0 Å². The van der Waals surface area contributed by atoms with E-state index in [1.807, 2.05) is 32.0 Å². The number of amides is 1. The number of nitrogens with one attached hydrogen (secondary N) is 2. The van der Waals surface area contributed by atoms with Crippen molar-refractivity contribution in [1.29, 1.82) is 0 Å². The summed E-state index contributed by atoms with van der Waals surface area (Å²) in [6.45, 7) is 4.17. The van der Waals surface area contributed by atoms with Crippen molar-refractivity contribution in [2.75, 3.05) is 0 Å². The predicted molar refractivity (Wildman–Crippen MR) is 70.3 cm³/mol.